The molecule has 0 bridgehead atoms. The maximum Gasteiger partial charge on any atom is 0.0982 e. The summed E-state index contributed by atoms with van der Waals surface area (Å²) in [5.74, 6) is 0. The highest BCUT2D eigenvalue weighted by atomic mass is 127. The average molecular weight is 337 g/mol. The summed E-state index contributed by atoms with van der Waals surface area (Å²) < 4.78 is 1.48. The van der Waals surface area contributed by atoms with Gasteiger partial charge in [-0.05, 0) is 13.8 Å². The van der Waals surface area contributed by atoms with Gasteiger partial charge in [-0.15, -0.1) is 0 Å². The summed E-state index contributed by atoms with van der Waals surface area (Å²) >= 11 is 4.60. The zero-order valence-electron chi connectivity index (χ0n) is 4.99. The fraction of sp³-hybridized carbons (Fsp3) is 0.800. The van der Waals surface area contributed by atoms with Crippen LogP contribution in [0.4, 0.5) is 0 Å². The second kappa shape index (κ2) is 4.96. The van der Waals surface area contributed by atoms with Crippen molar-refractivity contribution >= 4 is 50.9 Å². The van der Waals surface area contributed by atoms with Crippen LogP contribution in [0.15, 0.2) is 4.99 Å². The van der Waals surface area contributed by atoms with Crippen LogP contribution in [0.3, 0.4) is 0 Å². The lowest BCUT2D eigenvalue weighted by Crippen LogP contribution is -1.95. The van der Waals surface area contributed by atoms with Crippen molar-refractivity contribution in [1.82, 2.24) is 0 Å². The molecule has 0 saturated carbocycles. The molecule has 0 amide bonds. The second-order valence-corrected chi connectivity index (χ2v) is 4.14. The van der Waals surface area contributed by atoms with Crippen LogP contribution in [0.1, 0.15) is 13.8 Å². The van der Waals surface area contributed by atoms with Gasteiger partial charge in [0.2, 0.25) is 0 Å². The highest BCUT2D eigenvalue weighted by Gasteiger charge is 1.89. The maximum atomic E-state index is 4.29. The number of rotatable bonds is 2. The Kier molecular flexibility index (Phi) is 5.66. The lowest BCUT2D eigenvalue weighted by Gasteiger charge is -1.95. The number of hydrogen-bond acceptors (Lipinski definition) is 1. The molecule has 0 spiro atoms. The Balaban J connectivity index is 3.56. The zero-order chi connectivity index (χ0) is 6.57. The molecular weight excluding hydrogens is 328 g/mol. The van der Waals surface area contributed by atoms with Gasteiger partial charge in [-0.3, -0.25) is 4.99 Å². The summed E-state index contributed by atoms with van der Waals surface area (Å²) in [5, 5.41) is 0. The predicted molar refractivity (Wildman–Crippen MR) is 55.5 cm³/mol. The fourth-order valence-electron chi connectivity index (χ4n) is 0.338. The molecule has 0 N–H and O–H groups in total. The van der Waals surface area contributed by atoms with Gasteiger partial charge in [-0.1, -0.05) is 45.2 Å². The van der Waals surface area contributed by atoms with Crippen LogP contribution < -0.4 is 0 Å². The molecule has 0 aromatic heterocycles. The largest absolute Gasteiger partial charge is 0.280 e. The van der Waals surface area contributed by atoms with Crippen LogP contribution in [0.25, 0.3) is 0 Å². The van der Waals surface area contributed by atoms with Crippen LogP contribution in [0.2, 0.25) is 0 Å². The molecule has 0 heterocycles. The van der Waals surface area contributed by atoms with Crippen molar-refractivity contribution in [3.63, 3.8) is 0 Å². The Morgan fingerprint density at radius 1 is 1.75 bits per heavy atom. The number of halogens is 2. The zero-order valence-corrected chi connectivity index (χ0v) is 9.30. The van der Waals surface area contributed by atoms with Crippen molar-refractivity contribution in [1.29, 1.82) is 0 Å². The third-order valence-corrected chi connectivity index (χ3v) is 1.97. The van der Waals surface area contributed by atoms with Gasteiger partial charge < -0.3 is 0 Å². The van der Waals surface area contributed by atoms with Crippen LogP contribution in [0, 0.1) is 0 Å². The van der Waals surface area contributed by atoms with Gasteiger partial charge in [0, 0.05) is 10.1 Å². The monoisotopic (exact) mass is 337 g/mol. The molecule has 1 unspecified atom stereocenters. The molecule has 0 fully saturated rings. The Morgan fingerprint density at radius 2 is 2.25 bits per heavy atom. The van der Waals surface area contributed by atoms with E-state index in [1.807, 2.05) is 0 Å². The molecule has 0 aromatic carbocycles. The standard InChI is InChI=1S/C5H9I2N/c1-4(3-6)8-5(2)7/h5H,3H2,1-2H3. The molecule has 0 saturated heterocycles. The molecule has 8 heavy (non-hydrogen) atoms. The van der Waals surface area contributed by atoms with Crippen LogP contribution >= 0.6 is 45.2 Å². The molecule has 0 aliphatic rings. The van der Waals surface area contributed by atoms with E-state index in [9.17, 15) is 0 Å². The molecule has 1 atom stereocenters. The van der Waals surface area contributed by atoms with Crippen molar-refractivity contribution in [3.8, 4) is 0 Å². The van der Waals surface area contributed by atoms with Gasteiger partial charge in [-0.2, -0.15) is 0 Å². The lowest BCUT2D eigenvalue weighted by molar-refractivity contribution is 1.08. The van der Waals surface area contributed by atoms with Gasteiger partial charge in [0.15, 0.2) is 0 Å². The number of alkyl halides is 2. The molecule has 3 heteroatoms. The molecule has 1 nitrogen and oxygen atoms in total. The average Bonchev–Trinajstić information content (AvgIpc) is 1.65. The Bertz CT molecular complexity index is 88.4. The van der Waals surface area contributed by atoms with Gasteiger partial charge in [0.25, 0.3) is 0 Å². The minimum absolute atomic E-state index is 0.433. The first-order chi connectivity index (χ1) is 3.66. The third-order valence-electron chi connectivity index (χ3n) is 0.592. The summed E-state index contributed by atoms with van der Waals surface area (Å²) in [7, 11) is 0. The Hall–Kier alpha value is 1.13. The lowest BCUT2D eigenvalue weighted by atomic mass is 10.5. The van der Waals surface area contributed by atoms with Crippen LogP contribution in [-0.4, -0.2) is 14.2 Å². The van der Waals surface area contributed by atoms with E-state index in [2.05, 4.69) is 64.0 Å². The van der Waals surface area contributed by atoms with E-state index in [1.54, 1.807) is 0 Å². The van der Waals surface area contributed by atoms with E-state index in [0.717, 1.165) is 4.43 Å². The Labute approximate surface area is 77.6 Å². The smallest absolute Gasteiger partial charge is 0.0982 e. The van der Waals surface area contributed by atoms with Gasteiger partial charge >= 0.3 is 0 Å². The van der Waals surface area contributed by atoms with Gasteiger partial charge in [0.05, 0.1) is 4.05 Å². The summed E-state index contributed by atoms with van der Waals surface area (Å²) in [6, 6.07) is 0. The van der Waals surface area contributed by atoms with Crippen molar-refractivity contribution in [3.05, 3.63) is 0 Å². The van der Waals surface area contributed by atoms with Crippen molar-refractivity contribution < 1.29 is 0 Å². The first-order valence-corrected chi connectivity index (χ1v) is 5.17. The Morgan fingerprint density at radius 3 is 2.38 bits per heavy atom. The SMILES string of the molecule is CC(CI)=NC(C)I. The predicted octanol–water partition coefficient (Wildman–Crippen LogP) is 2.66. The fourth-order valence-corrected chi connectivity index (χ4v) is 1.01. The normalized spacial score (nSPS) is 16.2. The molecule has 0 aliphatic heterocycles. The van der Waals surface area contributed by atoms with E-state index in [4.69, 9.17) is 0 Å². The molecule has 48 valence electrons. The molecule has 0 aliphatic carbocycles. The quantitative estimate of drug-likeness (QED) is 0.318. The summed E-state index contributed by atoms with van der Waals surface area (Å²) in [4.78, 5) is 4.29. The number of aliphatic imine (C=N–C) groups is 1. The maximum absolute atomic E-state index is 4.29. The molecule has 0 aromatic rings. The first kappa shape index (κ1) is 9.13. The van der Waals surface area contributed by atoms with E-state index < -0.39 is 0 Å². The van der Waals surface area contributed by atoms with E-state index >= 15 is 0 Å². The summed E-state index contributed by atoms with van der Waals surface area (Å²) in [6.07, 6.45) is 0. The van der Waals surface area contributed by atoms with Crippen molar-refractivity contribution in [2.45, 2.75) is 17.9 Å². The third kappa shape index (κ3) is 5.27. The van der Waals surface area contributed by atoms with Crippen molar-refractivity contribution in [2.75, 3.05) is 4.43 Å². The van der Waals surface area contributed by atoms with E-state index in [0.29, 0.717) is 4.05 Å². The number of nitrogens with zero attached hydrogens (tertiary/aromatic N) is 1. The van der Waals surface area contributed by atoms with Crippen molar-refractivity contribution in [2.24, 2.45) is 4.99 Å². The van der Waals surface area contributed by atoms with Gasteiger partial charge in [-0.25, -0.2) is 0 Å². The first-order valence-electron chi connectivity index (χ1n) is 2.40. The highest BCUT2D eigenvalue weighted by Crippen LogP contribution is 2.00. The van der Waals surface area contributed by atoms with E-state index in [1.165, 1.54) is 5.71 Å². The highest BCUT2D eigenvalue weighted by molar-refractivity contribution is 14.1. The van der Waals surface area contributed by atoms with Crippen LogP contribution in [-0.2, 0) is 0 Å². The minimum Gasteiger partial charge on any atom is -0.280 e. The minimum atomic E-state index is 0.433. The number of hydrogen-bond donors (Lipinski definition) is 0. The topological polar surface area (TPSA) is 12.4 Å². The molecular formula is C5H9I2N. The summed E-state index contributed by atoms with van der Waals surface area (Å²) in [5.41, 5.74) is 1.23. The molecule has 0 rings (SSSR count). The van der Waals surface area contributed by atoms with Gasteiger partial charge in [0.1, 0.15) is 0 Å². The molecule has 0 radical (unpaired) electrons. The second-order valence-electron chi connectivity index (χ2n) is 1.57. The summed E-state index contributed by atoms with van der Waals surface area (Å²) in [6.45, 7) is 4.14. The van der Waals surface area contributed by atoms with Crippen LogP contribution in [0.5, 0.6) is 0 Å². The van der Waals surface area contributed by atoms with E-state index in [-0.39, 0.29) is 0 Å².